The minimum absolute atomic E-state index is 0.0592. The Kier molecular flexibility index (Phi) is 4.01. The molecular formula is C10H20N2. The molecule has 0 atom stereocenters. The average molecular weight is 168 g/mol. The van der Waals surface area contributed by atoms with Crippen molar-refractivity contribution < 1.29 is 0 Å². The van der Waals surface area contributed by atoms with Crippen molar-refractivity contribution in [1.29, 1.82) is 5.41 Å². The minimum atomic E-state index is 0.0592. The second-order valence-electron chi connectivity index (χ2n) is 4.32. The van der Waals surface area contributed by atoms with Gasteiger partial charge in [0.15, 0.2) is 0 Å². The highest BCUT2D eigenvalue weighted by atomic mass is 14.9. The fraction of sp³-hybridized carbons (Fsp3) is 0.700. The molecule has 0 fully saturated rings. The lowest BCUT2D eigenvalue weighted by atomic mass is 9.88. The molecule has 0 amide bonds. The van der Waals surface area contributed by atoms with Gasteiger partial charge in [-0.2, -0.15) is 0 Å². The summed E-state index contributed by atoms with van der Waals surface area (Å²) in [6, 6.07) is 0.433. The molecule has 0 saturated heterocycles. The van der Waals surface area contributed by atoms with E-state index < -0.39 is 0 Å². The van der Waals surface area contributed by atoms with Crippen molar-refractivity contribution in [2.45, 2.75) is 40.7 Å². The Hall–Kier alpha value is -0.790. The van der Waals surface area contributed by atoms with Gasteiger partial charge >= 0.3 is 0 Å². The SMILES string of the molecule is CC(C)N/C=C(\C=N)C(C)(C)C. The largest absolute Gasteiger partial charge is 0.388 e. The minimum Gasteiger partial charge on any atom is -0.388 e. The molecule has 0 saturated carbocycles. The normalized spacial score (nSPS) is 13.3. The zero-order valence-electron chi connectivity index (χ0n) is 8.73. The van der Waals surface area contributed by atoms with Crippen molar-refractivity contribution in [3.05, 3.63) is 11.8 Å². The van der Waals surface area contributed by atoms with E-state index in [4.69, 9.17) is 5.41 Å². The van der Waals surface area contributed by atoms with E-state index >= 15 is 0 Å². The highest BCUT2D eigenvalue weighted by Gasteiger charge is 2.14. The van der Waals surface area contributed by atoms with E-state index in [0.717, 1.165) is 5.57 Å². The van der Waals surface area contributed by atoms with Gasteiger partial charge in [0.1, 0.15) is 0 Å². The van der Waals surface area contributed by atoms with E-state index in [-0.39, 0.29) is 5.41 Å². The van der Waals surface area contributed by atoms with Gasteiger partial charge in [-0.15, -0.1) is 0 Å². The topological polar surface area (TPSA) is 35.9 Å². The van der Waals surface area contributed by atoms with Crippen LogP contribution in [0.15, 0.2) is 11.8 Å². The summed E-state index contributed by atoms with van der Waals surface area (Å²) in [4.78, 5) is 0. The Labute approximate surface area is 75.6 Å². The Morgan fingerprint density at radius 2 is 1.83 bits per heavy atom. The number of hydrogen-bond donors (Lipinski definition) is 2. The molecule has 2 nitrogen and oxygen atoms in total. The first-order valence-electron chi connectivity index (χ1n) is 4.35. The molecule has 0 unspecified atom stereocenters. The molecule has 12 heavy (non-hydrogen) atoms. The predicted octanol–water partition coefficient (Wildman–Crippen LogP) is 2.56. The molecule has 0 spiro atoms. The fourth-order valence-corrected chi connectivity index (χ4v) is 0.731. The maximum absolute atomic E-state index is 7.23. The molecular weight excluding hydrogens is 148 g/mol. The van der Waals surface area contributed by atoms with Gasteiger partial charge in [0.25, 0.3) is 0 Å². The van der Waals surface area contributed by atoms with Crippen LogP contribution in [0.5, 0.6) is 0 Å². The van der Waals surface area contributed by atoms with E-state index in [1.807, 2.05) is 6.20 Å². The standard InChI is InChI=1S/C10H20N2/c1-8(2)12-7-9(6-11)10(3,4)5/h6-8,11-12H,1-5H3/b9-7+,11-6?. The lowest BCUT2D eigenvalue weighted by molar-refractivity contribution is 0.519. The van der Waals surface area contributed by atoms with Crippen LogP contribution in [-0.4, -0.2) is 12.3 Å². The second kappa shape index (κ2) is 4.29. The molecule has 2 heteroatoms. The van der Waals surface area contributed by atoms with Crippen molar-refractivity contribution >= 4 is 6.21 Å². The monoisotopic (exact) mass is 168 g/mol. The Morgan fingerprint density at radius 1 is 1.33 bits per heavy atom. The summed E-state index contributed by atoms with van der Waals surface area (Å²) in [6.07, 6.45) is 3.34. The molecule has 70 valence electrons. The summed E-state index contributed by atoms with van der Waals surface area (Å²) >= 11 is 0. The summed E-state index contributed by atoms with van der Waals surface area (Å²) < 4.78 is 0. The fourth-order valence-electron chi connectivity index (χ4n) is 0.731. The van der Waals surface area contributed by atoms with E-state index in [1.165, 1.54) is 6.21 Å². The molecule has 0 aromatic heterocycles. The summed E-state index contributed by atoms with van der Waals surface area (Å²) in [6.45, 7) is 10.5. The molecule has 0 bridgehead atoms. The molecule has 0 aliphatic carbocycles. The van der Waals surface area contributed by atoms with E-state index in [2.05, 4.69) is 39.9 Å². The Bertz CT molecular complexity index is 173. The van der Waals surface area contributed by atoms with Gasteiger partial charge in [0.05, 0.1) is 0 Å². The maximum atomic E-state index is 7.23. The predicted molar refractivity (Wildman–Crippen MR) is 54.6 cm³/mol. The van der Waals surface area contributed by atoms with E-state index in [0.29, 0.717) is 6.04 Å². The second-order valence-corrected chi connectivity index (χ2v) is 4.32. The Morgan fingerprint density at radius 3 is 2.08 bits per heavy atom. The van der Waals surface area contributed by atoms with Gasteiger partial charge in [0.2, 0.25) is 0 Å². The van der Waals surface area contributed by atoms with Crippen LogP contribution in [0, 0.1) is 10.8 Å². The molecule has 0 aromatic carbocycles. The van der Waals surface area contributed by atoms with E-state index in [1.54, 1.807) is 0 Å². The molecule has 0 radical (unpaired) electrons. The average Bonchev–Trinajstić information content (AvgIpc) is 1.85. The smallest absolute Gasteiger partial charge is 0.0229 e. The summed E-state index contributed by atoms with van der Waals surface area (Å²) in [5.74, 6) is 0. The molecule has 0 rings (SSSR count). The number of hydrogen-bond acceptors (Lipinski definition) is 2. The highest BCUT2D eigenvalue weighted by Crippen LogP contribution is 2.22. The first-order valence-corrected chi connectivity index (χ1v) is 4.35. The zero-order chi connectivity index (χ0) is 9.78. The zero-order valence-corrected chi connectivity index (χ0v) is 8.73. The lowest BCUT2D eigenvalue weighted by Crippen LogP contribution is -2.20. The van der Waals surface area contributed by atoms with Crippen LogP contribution < -0.4 is 5.32 Å². The van der Waals surface area contributed by atoms with E-state index in [9.17, 15) is 0 Å². The maximum Gasteiger partial charge on any atom is 0.0229 e. The third-order valence-electron chi connectivity index (χ3n) is 1.59. The third kappa shape index (κ3) is 4.16. The van der Waals surface area contributed by atoms with Crippen LogP contribution in [0.3, 0.4) is 0 Å². The summed E-state index contributed by atoms with van der Waals surface area (Å²) in [7, 11) is 0. The van der Waals surface area contributed by atoms with Crippen LogP contribution >= 0.6 is 0 Å². The first-order chi connectivity index (χ1) is 5.38. The van der Waals surface area contributed by atoms with Gasteiger partial charge in [-0.3, -0.25) is 0 Å². The van der Waals surface area contributed by atoms with Gasteiger partial charge < -0.3 is 10.7 Å². The van der Waals surface area contributed by atoms with Crippen molar-refractivity contribution in [1.82, 2.24) is 5.32 Å². The summed E-state index contributed by atoms with van der Waals surface area (Å²) in [5, 5.41) is 10.4. The van der Waals surface area contributed by atoms with Crippen molar-refractivity contribution in [3.63, 3.8) is 0 Å². The molecule has 0 aromatic rings. The van der Waals surface area contributed by atoms with Crippen molar-refractivity contribution in [3.8, 4) is 0 Å². The summed E-state index contributed by atoms with van der Waals surface area (Å²) in [5.41, 5.74) is 1.08. The molecule has 0 aliphatic heterocycles. The highest BCUT2D eigenvalue weighted by molar-refractivity contribution is 5.77. The van der Waals surface area contributed by atoms with Crippen LogP contribution in [0.1, 0.15) is 34.6 Å². The van der Waals surface area contributed by atoms with Gasteiger partial charge in [-0.1, -0.05) is 20.8 Å². The number of nitrogens with one attached hydrogen (secondary N) is 2. The van der Waals surface area contributed by atoms with Crippen LogP contribution in [0.2, 0.25) is 0 Å². The molecule has 2 N–H and O–H groups in total. The Balaban J connectivity index is 4.34. The van der Waals surface area contributed by atoms with Gasteiger partial charge in [-0.05, 0) is 24.8 Å². The number of allylic oxidation sites excluding steroid dienone is 1. The van der Waals surface area contributed by atoms with Gasteiger partial charge in [-0.25, -0.2) is 0 Å². The lowest BCUT2D eigenvalue weighted by Gasteiger charge is -2.20. The van der Waals surface area contributed by atoms with Crippen molar-refractivity contribution in [2.75, 3.05) is 0 Å². The molecule has 0 aliphatic rings. The van der Waals surface area contributed by atoms with Crippen LogP contribution in [0.4, 0.5) is 0 Å². The first kappa shape index (κ1) is 11.2. The molecule has 0 heterocycles. The van der Waals surface area contributed by atoms with Crippen molar-refractivity contribution in [2.24, 2.45) is 5.41 Å². The third-order valence-corrected chi connectivity index (χ3v) is 1.59. The van der Waals surface area contributed by atoms with Gasteiger partial charge in [0, 0.05) is 18.5 Å². The number of rotatable bonds is 3. The van der Waals surface area contributed by atoms with Crippen LogP contribution in [0.25, 0.3) is 0 Å². The van der Waals surface area contributed by atoms with Crippen LogP contribution in [-0.2, 0) is 0 Å². The quantitative estimate of drug-likeness (QED) is 0.624.